The summed E-state index contributed by atoms with van der Waals surface area (Å²) in [4.78, 5) is 0. The van der Waals surface area contributed by atoms with Crippen LogP contribution in [0.4, 0.5) is 0 Å². The molecule has 0 spiro atoms. The van der Waals surface area contributed by atoms with Gasteiger partial charge < -0.3 is 14.8 Å². The van der Waals surface area contributed by atoms with E-state index in [-0.39, 0.29) is 12.1 Å². The summed E-state index contributed by atoms with van der Waals surface area (Å²) in [5.41, 5.74) is 1.85. The van der Waals surface area contributed by atoms with Crippen molar-refractivity contribution >= 4 is 23.2 Å². The molecule has 0 aromatic heterocycles. The van der Waals surface area contributed by atoms with Crippen molar-refractivity contribution in [2.24, 2.45) is 0 Å². The molecular formula is C20H25Cl2NO2. The van der Waals surface area contributed by atoms with E-state index in [0.717, 1.165) is 17.5 Å². The van der Waals surface area contributed by atoms with Gasteiger partial charge in [0.15, 0.2) is 11.5 Å². The minimum absolute atomic E-state index is 0.0480. The van der Waals surface area contributed by atoms with Gasteiger partial charge in [-0.25, -0.2) is 0 Å². The Kier molecular flexibility index (Phi) is 7.00. The van der Waals surface area contributed by atoms with Crippen molar-refractivity contribution < 1.29 is 9.47 Å². The van der Waals surface area contributed by atoms with Gasteiger partial charge in [0.2, 0.25) is 0 Å². The van der Waals surface area contributed by atoms with Crippen LogP contribution in [0.3, 0.4) is 0 Å². The first-order valence-electron chi connectivity index (χ1n) is 8.34. The third kappa shape index (κ3) is 5.27. The van der Waals surface area contributed by atoms with Crippen molar-refractivity contribution in [3.05, 3.63) is 57.6 Å². The van der Waals surface area contributed by atoms with E-state index in [1.807, 2.05) is 24.3 Å². The van der Waals surface area contributed by atoms with Crippen molar-refractivity contribution in [2.45, 2.75) is 45.9 Å². The fourth-order valence-electron chi connectivity index (χ4n) is 2.30. The van der Waals surface area contributed by atoms with Crippen LogP contribution in [0, 0.1) is 0 Å². The van der Waals surface area contributed by atoms with Gasteiger partial charge in [-0.05, 0) is 38.5 Å². The van der Waals surface area contributed by atoms with Gasteiger partial charge in [-0.1, -0.05) is 48.3 Å². The molecule has 2 rings (SSSR count). The van der Waals surface area contributed by atoms with Crippen molar-refractivity contribution in [2.75, 3.05) is 7.11 Å². The standard InChI is InChI=1S/C20H25Cl2NO2/c1-5-20(2,3)23-12-14-8-6-11-18(24-4)19(14)25-13-15-16(21)9-7-10-17(15)22/h6-11,23H,5,12-13H2,1-4H3. The summed E-state index contributed by atoms with van der Waals surface area (Å²) in [6.45, 7) is 7.48. The van der Waals surface area contributed by atoms with Crippen molar-refractivity contribution in [3.8, 4) is 11.5 Å². The number of rotatable bonds is 8. The molecular weight excluding hydrogens is 357 g/mol. The average Bonchev–Trinajstić information content (AvgIpc) is 2.60. The maximum Gasteiger partial charge on any atom is 0.166 e. The van der Waals surface area contributed by atoms with E-state index in [9.17, 15) is 0 Å². The van der Waals surface area contributed by atoms with Gasteiger partial charge in [0.25, 0.3) is 0 Å². The van der Waals surface area contributed by atoms with Gasteiger partial charge in [0, 0.05) is 33.3 Å². The number of hydrogen-bond donors (Lipinski definition) is 1. The predicted octanol–water partition coefficient (Wildman–Crippen LogP) is 5.86. The van der Waals surface area contributed by atoms with Gasteiger partial charge in [0.05, 0.1) is 7.11 Å². The number of halogens is 2. The van der Waals surface area contributed by atoms with Crippen LogP contribution in [-0.4, -0.2) is 12.6 Å². The Morgan fingerprint density at radius 1 is 1.04 bits per heavy atom. The first-order chi connectivity index (χ1) is 11.9. The Balaban J connectivity index is 2.23. The van der Waals surface area contributed by atoms with E-state index in [2.05, 4.69) is 26.1 Å². The first-order valence-corrected chi connectivity index (χ1v) is 9.10. The third-order valence-electron chi connectivity index (χ3n) is 4.34. The monoisotopic (exact) mass is 381 g/mol. The summed E-state index contributed by atoms with van der Waals surface area (Å²) in [6.07, 6.45) is 1.03. The predicted molar refractivity (Wildman–Crippen MR) is 105 cm³/mol. The van der Waals surface area contributed by atoms with Crippen LogP contribution >= 0.6 is 23.2 Å². The van der Waals surface area contributed by atoms with E-state index < -0.39 is 0 Å². The SMILES string of the molecule is CCC(C)(C)NCc1cccc(OC)c1OCc1c(Cl)cccc1Cl. The number of benzene rings is 2. The molecule has 0 saturated heterocycles. The Hall–Kier alpha value is -1.42. The summed E-state index contributed by atoms with van der Waals surface area (Å²) < 4.78 is 11.5. The highest BCUT2D eigenvalue weighted by Gasteiger charge is 2.17. The second-order valence-corrected chi connectivity index (χ2v) is 7.34. The largest absolute Gasteiger partial charge is 0.493 e. The highest BCUT2D eigenvalue weighted by Crippen LogP contribution is 2.34. The molecule has 2 aromatic rings. The molecule has 0 atom stereocenters. The third-order valence-corrected chi connectivity index (χ3v) is 5.05. The van der Waals surface area contributed by atoms with Crippen LogP contribution in [0.15, 0.2) is 36.4 Å². The van der Waals surface area contributed by atoms with Crippen molar-refractivity contribution in [3.63, 3.8) is 0 Å². The molecule has 0 heterocycles. The number of para-hydroxylation sites is 1. The Labute approximate surface area is 160 Å². The minimum atomic E-state index is 0.0480. The van der Waals surface area contributed by atoms with Gasteiger partial charge in [-0.15, -0.1) is 0 Å². The number of nitrogens with one attached hydrogen (secondary N) is 1. The maximum atomic E-state index is 6.24. The quantitative estimate of drug-likeness (QED) is 0.620. The van der Waals surface area contributed by atoms with E-state index in [0.29, 0.717) is 28.1 Å². The van der Waals surface area contributed by atoms with Crippen molar-refractivity contribution in [1.82, 2.24) is 5.32 Å². The summed E-state index contributed by atoms with van der Waals surface area (Å²) in [6, 6.07) is 11.3. The van der Waals surface area contributed by atoms with Gasteiger partial charge in [0.1, 0.15) is 6.61 Å². The first kappa shape index (κ1) is 19.9. The molecule has 0 bridgehead atoms. The Morgan fingerprint density at radius 2 is 1.68 bits per heavy atom. The zero-order valence-electron chi connectivity index (χ0n) is 15.2. The van der Waals surface area contributed by atoms with Crippen LogP contribution in [0.25, 0.3) is 0 Å². The fraction of sp³-hybridized carbons (Fsp3) is 0.400. The highest BCUT2D eigenvalue weighted by atomic mass is 35.5. The van der Waals surface area contributed by atoms with Crippen LogP contribution in [-0.2, 0) is 13.2 Å². The van der Waals surface area contributed by atoms with Crippen LogP contribution < -0.4 is 14.8 Å². The average molecular weight is 382 g/mol. The smallest absolute Gasteiger partial charge is 0.166 e. The van der Waals surface area contributed by atoms with Gasteiger partial charge in [-0.3, -0.25) is 0 Å². The number of methoxy groups -OCH3 is 1. The zero-order valence-corrected chi connectivity index (χ0v) is 16.7. The van der Waals surface area contributed by atoms with E-state index >= 15 is 0 Å². The van der Waals surface area contributed by atoms with Gasteiger partial charge >= 0.3 is 0 Å². The molecule has 25 heavy (non-hydrogen) atoms. The second kappa shape index (κ2) is 8.79. The summed E-state index contributed by atoms with van der Waals surface area (Å²) in [7, 11) is 1.64. The lowest BCUT2D eigenvalue weighted by molar-refractivity contribution is 0.278. The molecule has 0 aliphatic carbocycles. The lowest BCUT2D eigenvalue weighted by atomic mass is 10.0. The molecule has 0 aliphatic heterocycles. The molecule has 0 fully saturated rings. The van der Waals surface area contributed by atoms with Gasteiger partial charge in [-0.2, -0.15) is 0 Å². The summed E-state index contributed by atoms with van der Waals surface area (Å²) in [5, 5.41) is 4.73. The lowest BCUT2D eigenvalue weighted by Gasteiger charge is -2.25. The second-order valence-electron chi connectivity index (χ2n) is 6.53. The number of hydrogen-bond acceptors (Lipinski definition) is 3. The Bertz CT molecular complexity index is 697. The van der Waals surface area contributed by atoms with Crippen LogP contribution in [0.5, 0.6) is 11.5 Å². The van der Waals surface area contributed by atoms with E-state index in [1.54, 1.807) is 19.2 Å². The molecule has 5 heteroatoms. The molecule has 0 radical (unpaired) electrons. The minimum Gasteiger partial charge on any atom is -0.493 e. The lowest BCUT2D eigenvalue weighted by Crippen LogP contribution is -2.37. The highest BCUT2D eigenvalue weighted by molar-refractivity contribution is 6.35. The molecule has 0 amide bonds. The fourth-order valence-corrected chi connectivity index (χ4v) is 2.81. The molecule has 3 nitrogen and oxygen atoms in total. The van der Waals surface area contributed by atoms with Crippen molar-refractivity contribution in [1.29, 1.82) is 0 Å². The topological polar surface area (TPSA) is 30.5 Å². The summed E-state index contributed by atoms with van der Waals surface area (Å²) in [5.74, 6) is 1.40. The van der Waals surface area contributed by atoms with E-state index in [4.69, 9.17) is 32.7 Å². The van der Waals surface area contributed by atoms with E-state index in [1.165, 1.54) is 0 Å². The summed E-state index contributed by atoms with van der Waals surface area (Å²) >= 11 is 12.5. The molecule has 0 aliphatic rings. The molecule has 0 saturated carbocycles. The molecule has 0 unspecified atom stereocenters. The molecule has 2 aromatic carbocycles. The van der Waals surface area contributed by atoms with Crippen LogP contribution in [0.1, 0.15) is 38.3 Å². The normalized spacial score (nSPS) is 11.4. The molecule has 1 N–H and O–H groups in total. The van der Waals surface area contributed by atoms with Crippen LogP contribution in [0.2, 0.25) is 10.0 Å². The maximum absolute atomic E-state index is 6.24. The number of ether oxygens (including phenoxy) is 2. The molecule has 136 valence electrons. The zero-order chi connectivity index (χ0) is 18.4. The Morgan fingerprint density at radius 3 is 2.28 bits per heavy atom.